The summed E-state index contributed by atoms with van der Waals surface area (Å²) in [6.45, 7) is 6.38. The van der Waals surface area contributed by atoms with E-state index in [4.69, 9.17) is 38.9 Å². The number of ether oxygens (including phenoxy) is 7. The van der Waals surface area contributed by atoms with Crippen molar-refractivity contribution >= 4 is 17.8 Å². The van der Waals surface area contributed by atoms with E-state index >= 15 is 0 Å². The lowest BCUT2D eigenvalue weighted by molar-refractivity contribution is -0.172. The van der Waals surface area contributed by atoms with Gasteiger partial charge in [0.1, 0.15) is 12.2 Å². The van der Waals surface area contributed by atoms with Gasteiger partial charge in [-0.15, -0.1) is 0 Å². The Bertz CT molecular complexity index is 972. The van der Waals surface area contributed by atoms with Crippen LogP contribution in [0.1, 0.15) is 57.8 Å². The van der Waals surface area contributed by atoms with Gasteiger partial charge in [0.15, 0.2) is 0 Å². The molecule has 0 spiro atoms. The molecule has 2 heterocycles. The molecule has 0 aromatic rings. The summed E-state index contributed by atoms with van der Waals surface area (Å²) < 4.78 is 40.9. The number of carbonyl (C=O) groups excluding carboxylic acids is 3. The summed E-state index contributed by atoms with van der Waals surface area (Å²) in [5, 5.41) is 0. The fraction of sp³-hybridized carbons (Fsp3) is 0.909. The van der Waals surface area contributed by atoms with Crippen LogP contribution in [-0.4, -0.2) is 145 Å². The van der Waals surface area contributed by atoms with Gasteiger partial charge in [-0.25, -0.2) is 0 Å². The lowest BCUT2D eigenvalue weighted by Crippen LogP contribution is -2.50. The largest absolute Gasteiger partial charge is 0.465 e. The molecule has 4 aliphatic rings. The van der Waals surface area contributed by atoms with Crippen molar-refractivity contribution in [2.75, 3.05) is 80.9 Å². The van der Waals surface area contributed by atoms with E-state index in [1.165, 1.54) is 7.11 Å². The topological polar surface area (TPSA) is 148 Å². The van der Waals surface area contributed by atoms with E-state index in [9.17, 15) is 14.4 Å². The number of rotatable bonds is 7. The zero-order chi connectivity index (χ0) is 33.1. The SMILES string of the molecule is COC1CC2CC(OCCCC(OC(=O)C3CC(OC)C(OC)C(C(N)=O)C3)CCN3CCCN(CCCOC2=O)CC3)C1OC. The summed E-state index contributed by atoms with van der Waals surface area (Å²) >= 11 is 0. The molecule has 2 saturated heterocycles. The minimum absolute atomic E-state index is 0.203. The first-order valence-electron chi connectivity index (χ1n) is 17.1. The quantitative estimate of drug-likeness (QED) is 0.395. The second kappa shape index (κ2) is 18.6. The van der Waals surface area contributed by atoms with Gasteiger partial charge in [-0.1, -0.05) is 0 Å². The fourth-order valence-corrected chi connectivity index (χ4v) is 7.73. The van der Waals surface area contributed by atoms with Crippen molar-refractivity contribution in [3.05, 3.63) is 0 Å². The van der Waals surface area contributed by atoms with Crippen molar-refractivity contribution in [3.8, 4) is 0 Å². The first kappa shape index (κ1) is 37.0. The number of methoxy groups -OCH3 is 4. The number of carbonyl (C=O) groups is 3. The van der Waals surface area contributed by atoms with Gasteiger partial charge >= 0.3 is 11.9 Å². The van der Waals surface area contributed by atoms with E-state index < -0.39 is 30.0 Å². The van der Waals surface area contributed by atoms with Crippen LogP contribution in [0.5, 0.6) is 0 Å². The molecule has 0 aromatic heterocycles. The molecule has 2 N–H and O–H groups in total. The van der Waals surface area contributed by atoms with Crippen molar-refractivity contribution in [1.82, 2.24) is 9.80 Å². The first-order chi connectivity index (χ1) is 22.3. The summed E-state index contributed by atoms with van der Waals surface area (Å²) in [6, 6.07) is 0. The van der Waals surface area contributed by atoms with E-state index in [1.54, 1.807) is 21.3 Å². The molecular formula is C33H57N3O10. The van der Waals surface area contributed by atoms with Crippen LogP contribution >= 0.6 is 0 Å². The Hall–Kier alpha value is -1.87. The molecule has 13 nitrogen and oxygen atoms in total. The second-order valence-electron chi connectivity index (χ2n) is 13.3. The molecule has 11 atom stereocenters. The number of amides is 1. The maximum atomic E-state index is 13.6. The summed E-state index contributed by atoms with van der Waals surface area (Å²) in [5.41, 5.74) is 5.70. The molecule has 11 unspecified atom stereocenters. The maximum absolute atomic E-state index is 13.6. The third kappa shape index (κ3) is 10.1. The average Bonchev–Trinajstić information content (AvgIpc) is 3.30. The van der Waals surface area contributed by atoms with Gasteiger partial charge in [0.2, 0.25) is 5.91 Å². The molecule has 0 aromatic carbocycles. The number of primary amides is 1. The molecule has 1 amide bonds. The van der Waals surface area contributed by atoms with Crippen molar-refractivity contribution in [2.45, 2.75) is 94.4 Å². The van der Waals surface area contributed by atoms with E-state index in [0.29, 0.717) is 51.7 Å². The molecule has 0 radical (unpaired) electrons. The second-order valence-corrected chi connectivity index (χ2v) is 13.3. The molecule has 13 heteroatoms. The summed E-state index contributed by atoms with van der Waals surface area (Å²) in [4.78, 5) is 43.8. The van der Waals surface area contributed by atoms with Crippen LogP contribution in [0.4, 0.5) is 0 Å². The van der Waals surface area contributed by atoms with Crippen molar-refractivity contribution < 1.29 is 47.5 Å². The molecule has 4 rings (SSSR count). The Morgan fingerprint density at radius 2 is 1.41 bits per heavy atom. The number of fused-ring (bicyclic) bond motifs is 5. The van der Waals surface area contributed by atoms with Crippen LogP contribution < -0.4 is 5.73 Å². The fourth-order valence-electron chi connectivity index (χ4n) is 7.73. The summed E-state index contributed by atoms with van der Waals surface area (Å²) in [5.74, 6) is -2.51. The van der Waals surface area contributed by atoms with Gasteiger partial charge in [0.05, 0.1) is 48.8 Å². The third-order valence-corrected chi connectivity index (χ3v) is 10.4. The van der Waals surface area contributed by atoms with Gasteiger partial charge < -0.3 is 48.7 Å². The predicted molar refractivity (Wildman–Crippen MR) is 168 cm³/mol. The average molecular weight is 656 g/mol. The van der Waals surface area contributed by atoms with Crippen molar-refractivity contribution in [1.29, 1.82) is 0 Å². The standard InChI is InChI=1S/C33H57N3O10/c1-40-26-19-22(18-25(31(34)37)29(26)42-3)33(39)46-24-8-5-16-44-28-21-23(20-27(41-2)30(28)43-4)32(38)45-17-7-12-35-10-6-11-36(13-9-24)15-14-35/h22-30H,5-21H2,1-4H3,(H2,34,37). The Kier molecular flexibility index (Phi) is 15.0. The highest BCUT2D eigenvalue weighted by Gasteiger charge is 2.45. The molecular weight excluding hydrogens is 598 g/mol. The van der Waals surface area contributed by atoms with Gasteiger partial charge in [0, 0.05) is 61.2 Å². The highest BCUT2D eigenvalue weighted by molar-refractivity contribution is 5.80. The summed E-state index contributed by atoms with van der Waals surface area (Å²) in [7, 11) is 6.36. The number of esters is 2. The van der Waals surface area contributed by atoms with Gasteiger partial charge in [0.25, 0.3) is 0 Å². The number of nitrogens with zero attached hydrogens (tertiary/aromatic N) is 2. The lowest BCUT2D eigenvalue weighted by atomic mass is 9.77. The highest BCUT2D eigenvalue weighted by Crippen LogP contribution is 2.35. The smallest absolute Gasteiger partial charge is 0.309 e. The van der Waals surface area contributed by atoms with E-state index in [0.717, 1.165) is 52.1 Å². The van der Waals surface area contributed by atoms with Crippen LogP contribution in [0.2, 0.25) is 0 Å². The van der Waals surface area contributed by atoms with Gasteiger partial charge in [-0.2, -0.15) is 0 Å². The predicted octanol–water partition coefficient (Wildman–Crippen LogP) is 1.39. The minimum Gasteiger partial charge on any atom is -0.465 e. The van der Waals surface area contributed by atoms with Crippen LogP contribution in [0, 0.1) is 17.8 Å². The molecule has 2 aliphatic heterocycles. The van der Waals surface area contributed by atoms with E-state index in [2.05, 4.69) is 9.80 Å². The molecule has 4 bridgehead atoms. The first-order valence-corrected chi connectivity index (χ1v) is 17.1. The minimum atomic E-state index is -0.634. The lowest BCUT2D eigenvalue weighted by Gasteiger charge is -2.39. The summed E-state index contributed by atoms with van der Waals surface area (Å²) in [6.07, 6.45) is 3.38. The van der Waals surface area contributed by atoms with Crippen LogP contribution in [0.15, 0.2) is 0 Å². The molecule has 46 heavy (non-hydrogen) atoms. The van der Waals surface area contributed by atoms with Crippen LogP contribution in [0.3, 0.4) is 0 Å². The van der Waals surface area contributed by atoms with E-state index in [1.807, 2.05) is 0 Å². The normalized spacial score (nSPS) is 38.8. The van der Waals surface area contributed by atoms with Crippen molar-refractivity contribution in [3.63, 3.8) is 0 Å². The number of nitrogens with two attached hydrogens (primary N) is 1. The Morgan fingerprint density at radius 1 is 0.739 bits per heavy atom. The number of cyclic esters (lactones) is 1. The van der Waals surface area contributed by atoms with Gasteiger partial charge in [-0.05, 0) is 70.9 Å². The Labute approximate surface area is 274 Å². The van der Waals surface area contributed by atoms with Crippen LogP contribution in [0.25, 0.3) is 0 Å². The van der Waals surface area contributed by atoms with Crippen molar-refractivity contribution in [2.24, 2.45) is 23.5 Å². The number of hydrogen-bond acceptors (Lipinski definition) is 12. The van der Waals surface area contributed by atoms with Gasteiger partial charge in [-0.3, -0.25) is 14.4 Å². The monoisotopic (exact) mass is 655 g/mol. The van der Waals surface area contributed by atoms with Crippen LogP contribution in [-0.2, 0) is 47.5 Å². The molecule has 4 fully saturated rings. The maximum Gasteiger partial charge on any atom is 0.309 e. The highest BCUT2D eigenvalue weighted by atomic mass is 16.6. The van der Waals surface area contributed by atoms with E-state index in [-0.39, 0.29) is 48.7 Å². The third-order valence-electron chi connectivity index (χ3n) is 10.4. The zero-order valence-electron chi connectivity index (χ0n) is 28.3. The Balaban J connectivity index is 1.45. The number of hydrogen-bond donors (Lipinski definition) is 1. The zero-order valence-corrected chi connectivity index (χ0v) is 28.3. The molecule has 2 saturated carbocycles. The molecule has 264 valence electrons. The molecule has 2 aliphatic carbocycles. The Morgan fingerprint density at radius 3 is 2.09 bits per heavy atom.